The van der Waals surface area contributed by atoms with Gasteiger partial charge in [0, 0.05) is 57.9 Å². The lowest BCUT2D eigenvalue weighted by atomic mass is 10.3. The lowest BCUT2D eigenvalue weighted by molar-refractivity contribution is -0.122. The maximum Gasteiger partial charge on any atom is 0.223 e. The fourth-order valence-electron chi connectivity index (χ4n) is 2.23. The fraction of sp³-hybridized carbons (Fsp3) is 0.556. The number of nitrogens with one attached hydrogen (secondary N) is 3. The van der Waals surface area contributed by atoms with E-state index < -0.39 is 0 Å². The molecule has 1 amide bonds. The quantitative estimate of drug-likeness (QED) is 0.209. The van der Waals surface area contributed by atoms with E-state index in [1.807, 2.05) is 24.3 Å². The molecule has 0 heterocycles. The summed E-state index contributed by atoms with van der Waals surface area (Å²) in [6, 6.07) is 7.72. The van der Waals surface area contributed by atoms with E-state index in [0.717, 1.165) is 30.7 Å². The van der Waals surface area contributed by atoms with Gasteiger partial charge in [-0.15, -0.1) is 24.0 Å². The van der Waals surface area contributed by atoms with Crippen molar-refractivity contribution in [1.82, 2.24) is 10.6 Å². The van der Waals surface area contributed by atoms with Crippen LogP contribution in [-0.2, 0) is 9.53 Å². The second-order valence-corrected chi connectivity index (χ2v) is 5.91. The van der Waals surface area contributed by atoms with Gasteiger partial charge in [-0.2, -0.15) is 0 Å². The molecule has 0 saturated heterocycles. The third kappa shape index (κ3) is 8.70. The zero-order chi connectivity index (χ0) is 17.9. The molecule has 1 aliphatic rings. The molecule has 2 rings (SSSR count). The van der Waals surface area contributed by atoms with Crippen molar-refractivity contribution in [1.29, 1.82) is 0 Å². The molecule has 0 bridgehead atoms. The van der Waals surface area contributed by atoms with E-state index in [1.165, 1.54) is 0 Å². The maximum atomic E-state index is 11.6. The molecule has 1 aromatic rings. The Morgan fingerprint density at radius 1 is 1.23 bits per heavy atom. The van der Waals surface area contributed by atoms with Gasteiger partial charge in [0.05, 0.1) is 6.61 Å². The first-order valence-corrected chi connectivity index (χ1v) is 8.70. The predicted octanol–water partition coefficient (Wildman–Crippen LogP) is 2.23. The third-order valence-corrected chi connectivity index (χ3v) is 3.75. The first-order valence-electron chi connectivity index (χ1n) is 8.70. The average Bonchev–Trinajstić information content (AvgIpc) is 3.46. The summed E-state index contributed by atoms with van der Waals surface area (Å²) in [5, 5.41) is 9.31. The Balaban J connectivity index is 0.00000338. The van der Waals surface area contributed by atoms with E-state index in [9.17, 15) is 4.79 Å². The summed E-state index contributed by atoms with van der Waals surface area (Å²) in [4.78, 5) is 15.8. The normalized spacial score (nSPS) is 13.5. The predicted molar refractivity (Wildman–Crippen MR) is 115 cm³/mol. The van der Waals surface area contributed by atoms with Gasteiger partial charge in [0.2, 0.25) is 5.91 Å². The van der Waals surface area contributed by atoms with Gasteiger partial charge in [-0.3, -0.25) is 9.79 Å². The van der Waals surface area contributed by atoms with Crippen molar-refractivity contribution in [3.05, 3.63) is 24.3 Å². The minimum absolute atomic E-state index is 0. The number of halogens is 1. The molecule has 1 aliphatic carbocycles. The monoisotopic (exact) mass is 476 g/mol. The Bertz CT molecular complexity index is 579. The highest BCUT2D eigenvalue weighted by molar-refractivity contribution is 14.0. The number of guanidine groups is 1. The molecular formula is C18H29IN4O3. The maximum absolute atomic E-state index is 11.6. The molecule has 0 aliphatic heterocycles. The Morgan fingerprint density at radius 2 is 2.00 bits per heavy atom. The van der Waals surface area contributed by atoms with Crippen molar-refractivity contribution in [3.63, 3.8) is 0 Å². The van der Waals surface area contributed by atoms with Gasteiger partial charge < -0.3 is 25.4 Å². The molecule has 1 saturated carbocycles. The Morgan fingerprint density at radius 3 is 2.69 bits per heavy atom. The van der Waals surface area contributed by atoms with Crippen molar-refractivity contribution >= 4 is 41.5 Å². The van der Waals surface area contributed by atoms with Gasteiger partial charge in [-0.05, 0) is 25.0 Å². The Hall–Kier alpha value is -1.55. The molecule has 7 nitrogen and oxygen atoms in total. The van der Waals surface area contributed by atoms with Crippen LogP contribution in [0.1, 0.15) is 19.3 Å². The van der Waals surface area contributed by atoms with Crippen LogP contribution in [0.15, 0.2) is 29.3 Å². The lowest BCUT2D eigenvalue weighted by Gasteiger charge is -2.13. The van der Waals surface area contributed by atoms with E-state index >= 15 is 0 Å². The summed E-state index contributed by atoms with van der Waals surface area (Å²) >= 11 is 0. The molecule has 26 heavy (non-hydrogen) atoms. The van der Waals surface area contributed by atoms with Crippen LogP contribution < -0.4 is 20.7 Å². The van der Waals surface area contributed by atoms with Crippen LogP contribution in [0.3, 0.4) is 0 Å². The zero-order valence-electron chi connectivity index (χ0n) is 15.4. The number of aliphatic imine (C=N–C) groups is 1. The number of benzene rings is 1. The molecular weight excluding hydrogens is 447 g/mol. The molecule has 0 unspecified atom stereocenters. The topological polar surface area (TPSA) is 84.0 Å². The van der Waals surface area contributed by atoms with Crippen LogP contribution in [0.5, 0.6) is 5.75 Å². The van der Waals surface area contributed by atoms with E-state index in [1.54, 1.807) is 14.2 Å². The summed E-state index contributed by atoms with van der Waals surface area (Å²) in [5.74, 6) is 1.84. The number of carbonyl (C=O) groups is 1. The summed E-state index contributed by atoms with van der Waals surface area (Å²) < 4.78 is 10.7. The van der Waals surface area contributed by atoms with Gasteiger partial charge in [-0.1, -0.05) is 6.07 Å². The first kappa shape index (κ1) is 22.5. The number of hydrogen-bond donors (Lipinski definition) is 3. The van der Waals surface area contributed by atoms with Crippen molar-refractivity contribution in [2.24, 2.45) is 10.9 Å². The van der Waals surface area contributed by atoms with Gasteiger partial charge in [0.25, 0.3) is 0 Å². The van der Waals surface area contributed by atoms with Crippen molar-refractivity contribution < 1.29 is 14.3 Å². The highest BCUT2D eigenvalue weighted by atomic mass is 127. The standard InChI is InChI=1S/C18H28N4O3.HI/c1-19-18(21-10-9-20-17(23)14-7-8-14)22-15-5-3-6-16(13-15)25-12-4-11-24-2;/h3,5-6,13-14H,4,7-12H2,1-2H3,(H,20,23)(H2,19,21,22);1H. The minimum atomic E-state index is 0. The van der Waals surface area contributed by atoms with Crippen LogP contribution in [0.2, 0.25) is 0 Å². The summed E-state index contributed by atoms with van der Waals surface area (Å²) in [6.07, 6.45) is 2.89. The Kier molecular flexibility index (Phi) is 11.0. The molecule has 1 fully saturated rings. The number of rotatable bonds is 10. The molecule has 0 atom stereocenters. The summed E-state index contributed by atoms with van der Waals surface area (Å²) in [5.41, 5.74) is 0.888. The van der Waals surface area contributed by atoms with Crippen molar-refractivity contribution in [3.8, 4) is 5.75 Å². The van der Waals surface area contributed by atoms with Crippen LogP contribution in [-0.4, -0.2) is 52.3 Å². The Labute approximate surface area is 172 Å². The molecule has 0 aromatic heterocycles. The SMILES string of the molecule is CN=C(NCCNC(=O)C1CC1)Nc1cccc(OCCCOC)c1.I. The molecule has 1 aromatic carbocycles. The average molecular weight is 476 g/mol. The van der Waals surface area contributed by atoms with Gasteiger partial charge >= 0.3 is 0 Å². The number of ether oxygens (including phenoxy) is 2. The highest BCUT2D eigenvalue weighted by Gasteiger charge is 2.28. The van der Waals surface area contributed by atoms with Gasteiger partial charge in [0.15, 0.2) is 5.96 Å². The second kappa shape index (κ2) is 12.7. The summed E-state index contributed by atoms with van der Waals surface area (Å²) in [7, 11) is 3.39. The smallest absolute Gasteiger partial charge is 0.223 e. The zero-order valence-corrected chi connectivity index (χ0v) is 17.7. The fourth-order valence-corrected chi connectivity index (χ4v) is 2.23. The van der Waals surface area contributed by atoms with Crippen molar-refractivity contribution in [2.75, 3.05) is 45.8 Å². The number of carbonyl (C=O) groups excluding carboxylic acids is 1. The van der Waals surface area contributed by atoms with Crippen LogP contribution in [0.25, 0.3) is 0 Å². The first-order chi connectivity index (χ1) is 12.2. The molecule has 146 valence electrons. The van der Waals surface area contributed by atoms with E-state index in [4.69, 9.17) is 9.47 Å². The molecule has 3 N–H and O–H groups in total. The van der Waals surface area contributed by atoms with Crippen LogP contribution >= 0.6 is 24.0 Å². The largest absolute Gasteiger partial charge is 0.493 e. The van der Waals surface area contributed by atoms with E-state index in [2.05, 4.69) is 20.9 Å². The number of anilines is 1. The van der Waals surface area contributed by atoms with E-state index in [0.29, 0.717) is 32.3 Å². The lowest BCUT2D eigenvalue weighted by Crippen LogP contribution is -2.38. The second-order valence-electron chi connectivity index (χ2n) is 5.91. The van der Waals surface area contributed by atoms with Gasteiger partial charge in [0.1, 0.15) is 5.75 Å². The number of hydrogen-bond acceptors (Lipinski definition) is 4. The van der Waals surface area contributed by atoms with Crippen LogP contribution in [0, 0.1) is 5.92 Å². The number of amides is 1. The third-order valence-electron chi connectivity index (χ3n) is 3.75. The minimum Gasteiger partial charge on any atom is -0.493 e. The number of methoxy groups -OCH3 is 1. The molecule has 8 heteroatoms. The van der Waals surface area contributed by atoms with E-state index in [-0.39, 0.29) is 35.8 Å². The highest BCUT2D eigenvalue weighted by Crippen LogP contribution is 2.28. The van der Waals surface area contributed by atoms with Crippen LogP contribution in [0.4, 0.5) is 5.69 Å². The number of nitrogens with zero attached hydrogens (tertiary/aromatic N) is 1. The molecule has 0 spiro atoms. The summed E-state index contributed by atoms with van der Waals surface area (Å²) in [6.45, 7) is 2.50. The van der Waals surface area contributed by atoms with Gasteiger partial charge in [-0.25, -0.2) is 0 Å². The van der Waals surface area contributed by atoms with Crippen molar-refractivity contribution in [2.45, 2.75) is 19.3 Å². The molecule has 0 radical (unpaired) electrons.